The van der Waals surface area contributed by atoms with Crippen LogP contribution in [0.5, 0.6) is 0 Å². The molecule has 3 N–H and O–H groups in total. The zero-order chi connectivity index (χ0) is 14.9. The lowest BCUT2D eigenvalue weighted by Gasteiger charge is -2.27. The van der Waals surface area contributed by atoms with Crippen molar-refractivity contribution >= 4 is 17.3 Å². The van der Waals surface area contributed by atoms with Crippen LogP contribution in [-0.2, 0) is 4.79 Å². The van der Waals surface area contributed by atoms with Crippen molar-refractivity contribution in [3.05, 3.63) is 23.3 Å². The minimum absolute atomic E-state index is 0.170. The summed E-state index contributed by atoms with van der Waals surface area (Å²) in [6, 6.07) is 3.58. The first-order valence-electron chi connectivity index (χ1n) is 6.84. The molecule has 0 atom stereocenters. The van der Waals surface area contributed by atoms with Crippen molar-refractivity contribution in [1.29, 1.82) is 0 Å². The molecule has 1 amide bonds. The van der Waals surface area contributed by atoms with Crippen LogP contribution in [0.3, 0.4) is 0 Å². The molecule has 1 aromatic carbocycles. The van der Waals surface area contributed by atoms with Gasteiger partial charge in [0.15, 0.2) is 0 Å². The number of amides is 1. The summed E-state index contributed by atoms with van der Waals surface area (Å²) in [5.74, 6) is -3.11. The molecule has 110 valence electrons. The first kappa shape index (κ1) is 14.8. The zero-order valence-electron chi connectivity index (χ0n) is 11.8. The number of benzene rings is 1. The van der Waals surface area contributed by atoms with Crippen LogP contribution in [-0.4, -0.2) is 11.8 Å². The molecule has 0 unspecified atom stereocenters. The van der Waals surface area contributed by atoms with Crippen LogP contribution in [0.25, 0.3) is 0 Å². The Kier molecular flexibility index (Phi) is 3.97. The molecule has 0 spiro atoms. The fourth-order valence-electron chi connectivity index (χ4n) is 2.72. The molecule has 1 saturated carbocycles. The minimum atomic E-state index is -2.61. The maximum atomic E-state index is 13.1. The van der Waals surface area contributed by atoms with Crippen LogP contribution in [0.15, 0.2) is 12.1 Å². The molecule has 2 rings (SSSR count). The Labute approximate surface area is 117 Å². The third-order valence-corrected chi connectivity index (χ3v) is 3.89. The Morgan fingerprint density at radius 1 is 1.25 bits per heavy atom. The Bertz CT molecular complexity index is 496. The summed E-state index contributed by atoms with van der Waals surface area (Å²) < 4.78 is 26.2. The number of carbonyl (C=O) groups is 1. The van der Waals surface area contributed by atoms with Gasteiger partial charge in [0.05, 0.1) is 0 Å². The van der Waals surface area contributed by atoms with Gasteiger partial charge in [-0.1, -0.05) is 0 Å². The number of anilines is 2. The fourth-order valence-corrected chi connectivity index (χ4v) is 2.72. The highest BCUT2D eigenvalue weighted by atomic mass is 19.3. The molecule has 0 radical (unpaired) electrons. The van der Waals surface area contributed by atoms with Gasteiger partial charge in [-0.25, -0.2) is 8.78 Å². The van der Waals surface area contributed by atoms with Gasteiger partial charge in [-0.2, -0.15) is 0 Å². The van der Waals surface area contributed by atoms with Crippen molar-refractivity contribution in [2.45, 2.75) is 45.5 Å². The van der Waals surface area contributed by atoms with E-state index in [1.54, 1.807) is 12.1 Å². The maximum absolute atomic E-state index is 13.1. The molecule has 0 aliphatic heterocycles. The summed E-state index contributed by atoms with van der Waals surface area (Å²) in [4.78, 5) is 12.2. The van der Waals surface area contributed by atoms with Crippen LogP contribution in [0.2, 0.25) is 0 Å². The minimum Gasteiger partial charge on any atom is -0.399 e. The number of nitrogens with one attached hydrogen (secondary N) is 1. The summed E-state index contributed by atoms with van der Waals surface area (Å²) in [6.45, 7) is 3.74. The van der Waals surface area contributed by atoms with E-state index in [0.29, 0.717) is 5.69 Å². The van der Waals surface area contributed by atoms with E-state index in [0.717, 1.165) is 16.8 Å². The summed E-state index contributed by atoms with van der Waals surface area (Å²) in [5, 5.41) is 2.86. The lowest BCUT2D eigenvalue weighted by Crippen LogP contribution is -2.32. The van der Waals surface area contributed by atoms with Gasteiger partial charge < -0.3 is 11.1 Å². The average Bonchev–Trinajstić information content (AvgIpc) is 2.33. The monoisotopic (exact) mass is 282 g/mol. The SMILES string of the molecule is Cc1cc(N)cc(C)c1NC(=O)C1CCC(F)(F)CC1. The fraction of sp³-hybridized carbons (Fsp3) is 0.533. The van der Waals surface area contributed by atoms with Gasteiger partial charge in [-0.15, -0.1) is 0 Å². The van der Waals surface area contributed by atoms with E-state index in [9.17, 15) is 13.6 Å². The molecule has 1 aliphatic rings. The van der Waals surface area contributed by atoms with E-state index < -0.39 is 5.92 Å². The van der Waals surface area contributed by atoms with Crippen molar-refractivity contribution in [3.63, 3.8) is 0 Å². The normalized spacial score (nSPS) is 18.8. The second kappa shape index (κ2) is 5.38. The van der Waals surface area contributed by atoms with Crippen LogP contribution < -0.4 is 11.1 Å². The number of hydrogen-bond donors (Lipinski definition) is 2. The van der Waals surface area contributed by atoms with Gasteiger partial charge in [0.2, 0.25) is 11.8 Å². The summed E-state index contributed by atoms with van der Waals surface area (Å²) >= 11 is 0. The average molecular weight is 282 g/mol. The molecule has 20 heavy (non-hydrogen) atoms. The van der Waals surface area contributed by atoms with Crippen LogP contribution >= 0.6 is 0 Å². The van der Waals surface area contributed by atoms with E-state index in [1.807, 2.05) is 13.8 Å². The molecule has 0 aromatic heterocycles. The number of rotatable bonds is 2. The van der Waals surface area contributed by atoms with Crippen LogP contribution in [0.4, 0.5) is 20.2 Å². The number of nitrogens with two attached hydrogens (primary N) is 1. The number of aryl methyl sites for hydroxylation is 2. The highest BCUT2D eigenvalue weighted by molar-refractivity contribution is 5.94. The van der Waals surface area contributed by atoms with Gasteiger partial charge in [-0.3, -0.25) is 4.79 Å². The molecule has 0 saturated heterocycles. The van der Waals surface area contributed by atoms with E-state index in [-0.39, 0.29) is 37.5 Å². The van der Waals surface area contributed by atoms with Gasteiger partial charge in [0.1, 0.15) is 0 Å². The quantitative estimate of drug-likeness (QED) is 0.813. The molecule has 0 heterocycles. The first-order chi connectivity index (χ1) is 9.28. The van der Waals surface area contributed by atoms with E-state index >= 15 is 0 Å². The third kappa shape index (κ3) is 3.26. The van der Waals surface area contributed by atoms with Gasteiger partial charge in [-0.05, 0) is 49.9 Å². The van der Waals surface area contributed by atoms with Gasteiger partial charge in [0.25, 0.3) is 0 Å². The highest BCUT2D eigenvalue weighted by Crippen LogP contribution is 2.36. The molecule has 3 nitrogen and oxygen atoms in total. The standard InChI is InChI=1S/C15H20F2N2O/c1-9-7-12(18)8-10(2)13(9)19-14(20)11-3-5-15(16,17)6-4-11/h7-8,11H,3-6,18H2,1-2H3,(H,19,20). The highest BCUT2D eigenvalue weighted by Gasteiger charge is 2.37. The number of alkyl halides is 2. The van der Waals surface area contributed by atoms with E-state index in [2.05, 4.69) is 5.32 Å². The number of hydrogen-bond acceptors (Lipinski definition) is 2. The zero-order valence-corrected chi connectivity index (χ0v) is 11.8. The Balaban J connectivity index is 2.06. The number of carbonyl (C=O) groups excluding carboxylic acids is 1. The molecule has 1 aliphatic carbocycles. The van der Waals surface area contributed by atoms with Gasteiger partial charge >= 0.3 is 0 Å². The molecular weight excluding hydrogens is 262 g/mol. The van der Waals surface area contributed by atoms with E-state index in [4.69, 9.17) is 5.73 Å². The van der Waals surface area contributed by atoms with Crippen molar-refractivity contribution in [3.8, 4) is 0 Å². The van der Waals surface area contributed by atoms with Crippen LogP contribution in [0, 0.1) is 19.8 Å². The largest absolute Gasteiger partial charge is 0.399 e. The lowest BCUT2D eigenvalue weighted by molar-refractivity contribution is -0.124. The van der Waals surface area contributed by atoms with Crippen molar-refractivity contribution in [2.75, 3.05) is 11.1 Å². The second-order valence-corrected chi connectivity index (χ2v) is 5.65. The Hall–Kier alpha value is -1.65. The predicted octanol–water partition coefficient (Wildman–Crippen LogP) is 3.65. The van der Waals surface area contributed by atoms with Crippen molar-refractivity contribution in [1.82, 2.24) is 0 Å². The van der Waals surface area contributed by atoms with Crippen molar-refractivity contribution in [2.24, 2.45) is 5.92 Å². The molecule has 5 heteroatoms. The topological polar surface area (TPSA) is 55.1 Å². The van der Waals surface area contributed by atoms with E-state index in [1.165, 1.54) is 0 Å². The predicted molar refractivity (Wildman–Crippen MR) is 75.9 cm³/mol. The van der Waals surface area contributed by atoms with Gasteiger partial charge in [0, 0.05) is 30.1 Å². The molecule has 0 bridgehead atoms. The van der Waals surface area contributed by atoms with Crippen molar-refractivity contribution < 1.29 is 13.6 Å². The smallest absolute Gasteiger partial charge is 0.248 e. The lowest BCUT2D eigenvalue weighted by atomic mass is 9.86. The molecular formula is C15H20F2N2O. The molecule has 1 fully saturated rings. The second-order valence-electron chi connectivity index (χ2n) is 5.65. The molecule has 1 aromatic rings. The Morgan fingerprint density at radius 3 is 2.25 bits per heavy atom. The summed E-state index contributed by atoms with van der Waals surface area (Å²) in [5.41, 5.74) is 8.89. The first-order valence-corrected chi connectivity index (χ1v) is 6.84. The number of halogens is 2. The Morgan fingerprint density at radius 2 is 1.75 bits per heavy atom. The number of nitrogen functional groups attached to an aromatic ring is 1. The third-order valence-electron chi connectivity index (χ3n) is 3.89. The maximum Gasteiger partial charge on any atom is 0.248 e. The summed E-state index contributed by atoms with van der Waals surface area (Å²) in [7, 11) is 0. The summed E-state index contributed by atoms with van der Waals surface area (Å²) in [6.07, 6.45) is 0.0768. The van der Waals surface area contributed by atoms with Crippen LogP contribution in [0.1, 0.15) is 36.8 Å².